The van der Waals surface area contributed by atoms with E-state index in [9.17, 15) is 9.59 Å². The summed E-state index contributed by atoms with van der Waals surface area (Å²) in [5.41, 5.74) is 0.222. The van der Waals surface area contributed by atoms with Crippen LogP contribution in [0.5, 0.6) is 0 Å². The molecular formula is C21H31NO6S. The molecule has 7 nitrogen and oxygen atoms in total. The normalized spacial score (nSPS) is 19.4. The molecule has 1 aliphatic rings. The monoisotopic (exact) mass is 425 g/mol. The van der Waals surface area contributed by atoms with Gasteiger partial charge < -0.3 is 24.3 Å². The van der Waals surface area contributed by atoms with Crippen molar-refractivity contribution in [1.82, 2.24) is 5.32 Å². The highest BCUT2D eigenvalue weighted by molar-refractivity contribution is 7.99. The van der Waals surface area contributed by atoms with E-state index in [1.54, 1.807) is 20.8 Å². The first-order valence-electron chi connectivity index (χ1n) is 9.64. The van der Waals surface area contributed by atoms with E-state index >= 15 is 0 Å². The molecule has 0 bridgehead atoms. The third-order valence-corrected chi connectivity index (χ3v) is 5.03. The van der Waals surface area contributed by atoms with Crippen molar-refractivity contribution < 1.29 is 28.5 Å². The van der Waals surface area contributed by atoms with Gasteiger partial charge in [0.25, 0.3) is 0 Å². The Morgan fingerprint density at radius 3 is 2.55 bits per heavy atom. The van der Waals surface area contributed by atoms with Gasteiger partial charge in [0.2, 0.25) is 0 Å². The van der Waals surface area contributed by atoms with Crippen molar-refractivity contribution in [2.45, 2.75) is 64.8 Å². The molecule has 2 rings (SSSR count). The second kappa shape index (κ2) is 10.3. The number of thioether (sulfide) groups is 1. The van der Waals surface area contributed by atoms with Crippen LogP contribution in [0.1, 0.15) is 40.2 Å². The smallest absolute Gasteiger partial charge is 0.408 e. The van der Waals surface area contributed by atoms with E-state index in [0.717, 1.165) is 5.56 Å². The molecule has 0 spiro atoms. The van der Waals surface area contributed by atoms with Crippen molar-refractivity contribution in [2.24, 2.45) is 0 Å². The van der Waals surface area contributed by atoms with Crippen molar-refractivity contribution >= 4 is 23.8 Å². The molecule has 0 saturated carbocycles. The number of esters is 1. The summed E-state index contributed by atoms with van der Waals surface area (Å²) in [4.78, 5) is 24.7. The fourth-order valence-corrected chi connectivity index (χ4v) is 3.63. The average Bonchev–Trinajstić information content (AvgIpc) is 2.97. The summed E-state index contributed by atoms with van der Waals surface area (Å²) in [5.74, 6) is -0.112. The first-order chi connectivity index (χ1) is 13.5. The Morgan fingerprint density at radius 2 is 1.97 bits per heavy atom. The molecule has 0 unspecified atom stereocenters. The van der Waals surface area contributed by atoms with E-state index in [1.165, 1.54) is 11.8 Å². The number of hydrogen-bond acceptors (Lipinski definition) is 7. The van der Waals surface area contributed by atoms with Gasteiger partial charge in [-0.05, 0) is 40.2 Å². The third-order valence-electron chi connectivity index (χ3n) is 3.85. The first-order valence-corrected chi connectivity index (χ1v) is 10.8. The molecule has 1 N–H and O–H groups in total. The van der Waals surface area contributed by atoms with E-state index in [0.29, 0.717) is 18.1 Å². The van der Waals surface area contributed by atoms with Crippen LogP contribution in [0, 0.1) is 0 Å². The van der Waals surface area contributed by atoms with Crippen LogP contribution in [-0.2, 0) is 30.3 Å². The van der Waals surface area contributed by atoms with Crippen molar-refractivity contribution in [3.05, 3.63) is 35.9 Å². The van der Waals surface area contributed by atoms with Gasteiger partial charge in [-0.3, -0.25) is 0 Å². The number of carbonyl (C=O) groups excluding carboxylic acids is 2. The van der Waals surface area contributed by atoms with Gasteiger partial charge in [-0.1, -0.05) is 30.3 Å². The van der Waals surface area contributed by atoms with Crippen LogP contribution < -0.4 is 5.32 Å². The molecule has 8 heteroatoms. The molecule has 2 atom stereocenters. The summed E-state index contributed by atoms with van der Waals surface area (Å²) in [6.07, 6.45) is -0.709. The van der Waals surface area contributed by atoms with Gasteiger partial charge in [0.15, 0.2) is 5.79 Å². The summed E-state index contributed by atoms with van der Waals surface area (Å²) in [5, 5.41) is 2.62. The quantitative estimate of drug-likeness (QED) is 0.638. The highest BCUT2D eigenvalue weighted by atomic mass is 32.2. The largest absolute Gasteiger partial charge is 0.459 e. The first kappa shape index (κ1) is 23.5. The van der Waals surface area contributed by atoms with Crippen LogP contribution in [0.2, 0.25) is 0 Å². The van der Waals surface area contributed by atoms with Crippen molar-refractivity contribution in [2.75, 3.05) is 18.1 Å². The number of rotatable bonds is 8. The molecule has 1 aromatic carbocycles. The summed E-state index contributed by atoms with van der Waals surface area (Å²) in [7, 11) is 0. The van der Waals surface area contributed by atoms with Gasteiger partial charge in [-0.15, -0.1) is 0 Å². The number of alkyl carbamates (subject to hydrolysis) is 1. The van der Waals surface area contributed by atoms with E-state index < -0.39 is 29.5 Å². The maximum atomic E-state index is 12.6. The fourth-order valence-electron chi connectivity index (χ4n) is 2.61. The summed E-state index contributed by atoms with van der Waals surface area (Å²) in [6.45, 7) is 9.68. The van der Waals surface area contributed by atoms with Crippen molar-refractivity contribution in [3.63, 3.8) is 0 Å². The third kappa shape index (κ3) is 9.06. The minimum absolute atomic E-state index is 0.0579. The zero-order valence-electron chi connectivity index (χ0n) is 17.7. The summed E-state index contributed by atoms with van der Waals surface area (Å²) < 4.78 is 22.0. The zero-order chi connectivity index (χ0) is 21.5. The molecule has 1 aliphatic heterocycles. The molecule has 162 valence electrons. The predicted molar refractivity (Wildman–Crippen MR) is 112 cm³/mol. The minimum atomic E-state index is -0.825. The molecule has 1 aromatic rings. The van der Waals surface area contributed by atoms with Crippen LogP contribution in [0.25, 0.3) is 0 Å². The van der Waals surface area contributed by atoms with E-state index in [2.05, 4.69) is 5.32 Å². The molecule has 0 aliphatic carbocycles. The van der Waals surface area contributed by atoms with Crippen LogP contribution in [0.15, 0.2) is 30.3 Å². The lowest BCUT2D eigenvalue weighted by molar-refractivity contribution is -0.146. The second-order valence-electron chi connectivity index (χ2n) is 8.28. The molecule has 0 aromatic heterocycles. The topological polar surface area (TPSA) is 83.1 Å². The SMILES string of the molecule is CC(C)(C)OC(=O)N[C@@H](CSC[C@H]1COC(C)(C)O1)C(=O)OCc1ccccc1. The lowest BCUT2D eigenvalue weighted by Gasteiger charge is -2.23. The standard InChI is InChI=1S/C21H31NO6S/c1-20(2,3)28-19(24)22-17(14-29-13-16-12-26-21(4,5)27-16)18(23)25-11-15-9-7-6-8-10-15/h6-10,16-17H,11-14H2,1-5H3,(H,22,24)/t16-,17+/m1/s1. The predicted octanol–water partition coefficient (Wildman–Crippen LogP) is 3.51. The minimum Gasteiger partial charge on any atom is -0.459 e. The average molecular weight is 426 g/mol. The molecule has 1 fully saturated rings. The maximum Gasteiger partial charge on any atom is 0.408 e. The number of carbonyl (C=O) groups is 2. The second-order valence-corrected chi connectivity index (χ2v) is 9.36. The highest BCUT2D eigenvalue weighted by Crippen LogP contribution is 2.24. The van der Waals surface area contributed by atoms with Crippen LogP contribution in [0.3, 0.4) is 0 Å². The zero-order valence-corrected chi connectivity index (χ0v) is 18.5. The Kier molecular flexibility index (Phi) is 8.36. The molecular weight excluding hydrogens is 394 g/mol. The van der Waals surface area contributed by atoms with Gasteiger partial charge in [-0.25, -0.2) is 9.59 Å². The van der Waals surface area contributed by atoms with Crippen LogP contribution >= 0.6 is 11.8 Å². The summed E-state index contributed by atoms with van der Waals surface area (Å²) in [6, 6.07) is 8.56. The Bertz CT molecular complexity index is 673. The van der Waals surface area contributed by atoms with Gasteiger partial charge in [0.05, 0.1) is 12.7 Å². The number of hydrogen-bond donors (Lipinski definition) is 1. The maximum absolute atomic E-state index is 12.6. The van der Waals surface area contributed by atoms with Crippen LogP contribution in [0.4, 0.5) is 4.79 Å². The number of amides is 1. The lowest BCUT2D eigenvalue weighted by Crippen LogP contribution is -2.45. The van der Waals surface area contributed by atoms with Gasteiger partial charge >= 0.3 is 12.1 Å². The highest BCUT2D eigenvalue weighted by Gasteiger charge is 2.33. The van der Waals surface area contributed by atoms with E-state index in [1.807, 2.05) is 44.2 Å². The Balaban J connectivity index is 1.89. The van der Waals surface area contributed by atoms with Gasteiger partial charge in [-0.2, -0.15) is 11.8 Å². The summed E-state index contributed by atoms with van der Waals surface area (Å²) >= 11 is 1.49. The van der Waals surface area contributed by atoms with Gasteiger partial charge in [0.1, 0.15) is 18.2 Å². The number of nitrogens with one attached hydrogen (secondary N) is 1. The van der Waals surface area contributed by atoms with Crippen molar-refractivity contribution in [1.29, 1.82) is 0 Å². The molecule has 1 saturated heterocycles. The number of benzene rings is 1. The number of ether oxygens (including phenoxy) is 4. The van der Waals surface area contributed by atoms with E-state index in [4.69, 9.17) is 18.9 Å². The Hall–Kier alpha value is -1.77. The fraction of sp³-hybridized carbons (Fsp3) is 0.619. The van der Waals surface area contributed by atoms with Crippen LogP contribution in [-0.4, -0.2) is 53.7 Å². The van der Waals surface area contributed by atoms with Crippen molar-refractivity contribution in [3.8, 4) is 0 Å². The van der Waals surface area contributed by atoms with E-state index in [-0.39, 0.29) is 12.7 Å². The molecule has 0 radical (unpaired) electrons. The lowest BCUT2D eigenvalue weighted by atomic mass is 10.2. The molecule has 29 heavy (non-hydrogen) atoms. The Labute approximate surface area is 176 Å². The molecule has 1 amide bonds. The Morgan fingerprint density at radius 1 is 1.28 bits per heavy atom. The van der Waals surface area contributed by atoms with Gasteiger partial charge in [0, 0.05) is 11.5 Å². The molecule has 1 heterocycles.